The molecular formula is C34H42FN5O3. The van der Waals surface area contributed by atoms with Crippen LogP contribution in [0.5, 0.6) is 5.88 Å². The number of rotatable bonds is 9. The quantitative estimate of drug-likeness (QED) is 0.263. The van der Waals surface area contributed by atoms with Gasteiger partial charge in [0.25, 0.3) is 0 Å². The summed E-state index contributed by atoms with van der Waals surface area (Å²) in [6, 6.07) is 7.78. The van der Waals surface area contributed by atoms with Crippen LogP contribution >= 0.6 is 0 Å². The van der Waals surface area contributed by atoms with Crippen LogP contribution in [-0.4, -0.2) is 44.8 Å². The molecule has 3 aromatic heterocycles. The van der Waals surface area contributed by atoms with Crippen molar-refractivity contribution in [1.29, 1.82) is 0 Å². The van der Waals surface area contributed by atoms with Gasteiger partial charge in [-0.1, -0.05) is 25.9 Å². The summed E-state index contributed by atoms with van der Waals surface area (Å²) in [7, 11) is 0. The fourth-order valence-electron chi connectivity index (χ4n) is 8.21. The highest BCUT2D eigenvalue weighted by Crippen LogP contribution is 2.71. The minimum Gasteiger partial charge on any atom is -0.478 e. The molecule has 0 radical (unpaired) electrons. The zero-order valence-electron chi connectivity index (χ0n) is 25.8. The lowest BCUT2D eigenvalue weighted by atomic mass is 9.41. The van der Waals surface area contributed by atoms with Gasteiger partial charge < -0.3 is 9.26 Å². The van der Waals surface area contributed by atoms with E-state index in [0.29, 0.717) is 56.4 Å². The van der Waals surface area contributed by atoms with Gasteiger partial charge in [0.15, 0.2) is 5.82 Å². The summed E-state index contributed by atoms with van der Waals surface area (Å²) in [5, 5.41) is 4.45. The molecule has 6 fully saturated rings. The number of pyridine rings is 2. The predicted molar refractivity (Wildman–Crippen MR) is 161 cm³/mol. The number of amides is 1. The van der Waals surface area contributed by atoms with Crippen molar-refractivity contribution in [2.45, 2.75) is 108 Å². The van der Waals surface area contributed by atoms with E-state index in [-0.39, 0.29) is 27.6 Å². The number of carbonyl (C=O) groups excluding carboxylic acids is 1. The van der Waals surface area contributed by atoms with Gasteiger partial charge in [0.2, 0.25) is 17.7 Å². The van der Waals surface area contributed by atoms with Crippen LogP contribution in [0.15, 0.2) is 41.2 Å². The number of hydrogen-bond acceptors (Lipinski definition) is 7. The molecular weight excluding hydrogens is 545 g/mol. The van der Waals surface area contributed by atoms with E-state index in [9.17, 15) is 9.18 Å². The standard InChI is InChI=1S/C34H42FN5O3/c1-5-42-26-7-6-24(18-37-26)23-8-15-36-25(16-23)40(27(41)17-32-19-34(35,20-32)21-32)22-31-9-12-33(13-10-31,14-11-31)28-38-29(43-39-28)30(2,3)4/h6-8,15-16,18H,5,9-14,17,19-22H2,1-4H3. The average molecular weight is 588 g/mol. The molecule has 228 valence electrons. The van der Waals surface area contributed by atoms with Crippen molar-refractivity contribution < 1.29 is 18.4 Å². The minimum absolute atomic E-state index is 0.00707. The monoisotopic (exact) mass is 587 g/mol. The van der Waals surface area contributed by atoms with E-state index in [1.807, 2.05) is 36.1 Å². The SMILES string of the molecule is CCOc1ccc(-c2ccnc(N(CC34CCC(c5noc(C(C)(C)C)n5)(CC3)CC4)C(=O)CC34CC(F)(C3)C4)c2)cn1. The Morgan fingerprint density at radius 2 is 1.72 bits per heavy atom. The maximum atomic E-state index is 14.4. The Labute approximate surface area is 252 Å². The van der Waals surface area contributed by atoms with E-state index in [0.717, 1.165) is 55.5 Å². The maximum Gasteiger partial charge on any atom is 0.232 e. The van der Waals surface area contributed by atoms with Crippen LogP contribution in [0.1, 0.15) is 104 Å². The molecule has 6 saturated carbocycles. The zero-order chi connectivity index (χ0) is 30.1. The Bertz CT molecular complexity index is 1480. The highest BCUT2D eigenvalue weighted by atomic mass is 19.1. The van der Waals surface area contributed by atoms with Crippen molar-refractivity contribution >= 4 is 11.7 Å². The van der Waals surface area contributed by atoms with Crippen LogP contribution in [0.3, 0.4) is 0 Å². The Morgan fingerprint density at radius 1 is 1.00 bits per heavy atom. The molecule has 43 heavy (non-hydrogen) atoms. The first-order valence-corrected chi connectivity index (χ1v) is 15.8. The van der Waals surface area contributed by atoms with Gasteiger partial charge in [0.05, 0.1) is 6.61 Å². The second-order valence-corrected chi connectivity index (χ2v) is 15.0. The molecule has 3 heterocycles. The van der Waals surface area contributed by atoms with Gasteiger partial charge in [-0.2, -0.15) is 4.98 Å². The summed E-state index contributed by atoms with van der Waals surface area (Å²) in [4.78, 5) is 30.0. The van der Waals surface area contributed by atoms with E-state index in [1.54, 1.807) is 12.4 Å². The van der Waals surface area contributed by atoms with Crippen molar-refractivity contribution in [3.63, 3.8) is 0 Å². The van der Waals surface area contributed by atoms with Crippen LogP contribution in [0.4, 0.5) is 10.2 Å². The molecule has 0 N–H and O–H groups in total. The van der Waals surface area contributed by atoms with Crippen molar-refractivity contribution in [2.75, 3.05) is 18.1 Å². The lowest BCUT2D eigenvalue weighted by Gasteiger charge is -2.66. The van der Waals surface area contributed by atoms with Crippen LogP contribution in [0.25, 0.3) is 11.1 Å². The molecule has 0 spiro atoms. The molecule has 8 nitrogen and oxygen atoms in total. The second kappa shape index (κ2) is 9.83. The Hall–Kier alpha value is -3.36. The van der Waals surface area contributed by atoms with Gasteiger partial charge in [-0.15, -0.1) is 0 Å². The molecule has 6 aliphatic carbocycles. The molecule has 9 heteroatoms. The smallest absolute Gasteiger partial charge is 0.232 e. The fraction of sp³-hybridized carbons (Fsp3) is 0.618. The summed E-state index contributed by atoms with van der Waals surface area (Å²) in [5.41, 5.74) is 0.461. The molecule has 0 unspecified atom stereocenters. The maximum absolute atomic E-state index is 14.4. The molecule has 0 atom stereocenters. The van der Waals surface area contributed by atoms with E-state index in [2.05, 4.69) is 30.9 Å². The van der Waals surface area contributed by atoms with E-state index < -0.39 is 5.67 Å². The van der Waals surface area contributed by atoms with E-state index >= 15 is 0 Å². The third-order valence-corrected chi connectivity index (χ3v) is 10.7. The summed E-state index contributed by atoms with van der Waals surface area (Å²) in [5.74, 6) is 2.83. The van der Waals surface area contributed by atoms with Crippen LogP contribution in [-0.2, 0) is 15.6 Å². The highest BCUT2D eigenvalue weighted by Gasteiger charge is 2.69. The number of aromatic nitrogens is 4. The van der Waals surface area contributed by atoms with Crippen molar-refractivity contribution in [1.82, 2.24) is 20.1 Å². The first-order chi connectivity index (χ1) is 20.4. The number of carbonyl (C=O) groups is 1. The minimum atomic E-state index is -1.03. The predicted octanol–water partition coefficient (Wildman–Crippen LogP) is 7.13. The topological polar surface area (TPSA) is 94.2 Å². The zero-order valence-corrected chi connectivity index (χ0v) is 25.8. The van der Waals surface area contributed by atoms with Crippen LogP contribution in [0, 0.1) is 10.8 Å². The summed E-state index contributed by atoms with van der Waals surface area (Å²) in [6.45, 7) is 9.39. The van der Waals surface area contributed by atoms with Gasteiger partial charge in [-0.3, -0.25) is 9.69 Å². The number of nitrogens with zero attached hydrogens (tertiary/aromatic N) is 5. The van der Waals surface area contributed by atoms with Crippen molar-refractivity contribution in [3.8, 4) is 17.0 Å². The molecule has 1 amide bonds. The summed E-state index contributed by atoms with van der Waals surface area (Å²) >= 11 is 0. The number of anilines is 1. The Balaban J connectivity index is 1.13. The molecule has 0 aromatic carbocycles. The van der Waals surface area contributed by atoms with E-state index in [1.165, 1.54) is 0 Å². The largest absolute Gasteiger partial charge is 0.478 e. The first-order valence-electron chi connectivity index (χ1n) is 15.8. The summed E-state index contributed by atoms with van der Waals surface area (Å²) < 4.78 is 25.6. The van der Waals surface area contributed by atoms with Gasteiger partial charge in [0.1, 0.15) is 11.5 Å². The molecule has 6 aliphatic rings. The highest BCUT2D eigenvalue weighted by molar-refractivity contribution is 5.94. The number of ether oxygens (including phenoxy) is 1. The number of alkyl halides is 1. The third-order valence-electron chi connectivity index (χ3n) is 10.7. The summed E-state index contributed by atoms with van der Waals surface area (Å²) in [6.07, 6.45) is 11.4. The van der Waals surface area contributed by atoms with Gasteiger partial charge >= 0.3 is 0 Å². The molecule has 3 aromatic rings. The molecule has 4 bridgehead atoms. The van der Waals surface area contributed by atoms with Crippen LogP contribution < -0.4 is 9.64 Å². The normalized spacial score (nSPS) is 30.8. The Kier molecular flexibility index (Phi) is 6.49. The van der Waals surface area contributed by atoms with Crippen molar-refractivity contribution in [3.05, 3.63) is 48.4 Å². The lowest BCUT2D eigenvalue weighted by Crippen LogP contribution is -2.65. The average Bonchev–Trinajstić information content (AvgIpc) is 3.49. The third kappa shape index (κ3) is 5.02. The molecule has 0 aliphatic heterocycles. The van der Waals surface area contributed by atoms with Gasteiger partial charge in [-0.25, -0.2) is 14.4 Å². The van der Waals surface area contributed by atoms with Crippen LogP contribution in [0.2, 0.25) is 0 Å². The first kappa shape index (κ1) is 28.4. The Morgan fingerprint density at radius 3 is 2.30 bits per heavy atom. The molecule has 0 saturated heterocycles. The van der Waals surface area contributed by atoms with Crippen molar-refractivity contribution in [2.24, 2.45) is 10.8 Å². The number of fused-ring (bicyclic) bond motifs is 3. The second-order valence-electron chi connectivity index (χ2n) is 15.0. The lowest BCUT2D eigenvalue weighted by molar-refractivity contribution is -0.215. The fourth-order valence-corrected chi connectivity index (χ4v) is 8.21. The van der Waals surface area contributed by atoms with Gasteiger partial charge in [-0.05, 0) is 99.3 Å². The number of halogens is 1. The van der Waals surface area contributed by atoms with Gasteiger partial charge in [0, 0.05) is 47.8 Å². The molecule has 9 rings (SSSR count). The van der Waals surface area contributed by atoms with E-state index in [4.69, 9.17) is 19.2 Å². The number of hydrogen-bond donors (Lipinski definition) is 0.